The molecule has 0 radical (unpaired) electrons. The lowest BCUT2D eigenvalue weighted by Gasteiger charge is -2.28. The molecule has 0 aliphatic rings. The van der Waals surface area contributed by atoms with Gasteiger partial charge in [-0.15, -0.1) is 0 Å². The third kappa shape index (κ3) is 5.75. The first-order valence-electron chi connectivity index (χ1n) is 5.92. The van der Waals surface area contributed by atoms with Crippen LogP contribution in [0.25, 0.3) is 0 Å². The van der Waals surface area contributed by atoms with E-state index in [0.717, 1.165) is 18.1 Å². The van der Waals surface area contributed by atoms with Gasteiger partial charge in [-0.1, -0.05) is 20.8 Å². The van der Waals surface area contributed by atoms with E-state index in [-0.39, 0.29) is 5.91 Å². The van der Waals surface area contributed by atoms with Crippen LogP contribution in [0.1, 0.15) is 40.5 Å². The van der Waals surface area contributed by atoms with Crippen molar-refractivity contribution in [3.05, 3.63) is 0 Å². The fourth-order valence-electron chi connectivity index (χ4n) is 1.46. The van der Waals surface area contributed by atoms with E-state index in [9.17, 15) is 4.79 Å². The Morgan fingerprint density at radius 2 is 2.00 bits per heavy atom. The summed E-state index contributed by atoms with van der Waals surface area (Å²) in [6.45, 7) is 8.48. The zero-order valence-electron chi connectivity index (χ0n) is 11.2. The van der Waals surface area contributed by atoms with Crippen LogP contribution in [0.3, 0.4) is 0 Å². The summed E-state index contributed by atoms with van der Waals surface area (Å²) in [5, 5.41) is 3.47. The second-order valence-electron chi connectivity index (χ2n) is 5.01. The molecule has 0 heterocycles. The molecule has 0 aromatic heterocycles. The van der Waals surface area contributed by atoms with Gasteiger partial charge in [-0.3, -0.25) is 4.79 Å². The molecule has 0 saturated carbocycles. The van der Waals surface area contributed by atoms with E-state index in [0.29, 0.717) is 5.25 Å². The van der Waals surface area contributed by atoms with Gasteiger partial charge in [0.1, 0.15) is 0 Å². The van der Waals surface area contributed by atoms with Gasteiger partial charge < -0.3 is 11.1 Å². The van der Waals surface area contributed by atoms with Crippen LogP contribution in [0, 0.1) is 5.92 Å². The summed E-state index contributed by atoms with van der Waals surface area (Å²) >= 11 is 1.92. The van der Waals surface area contributed by atoms with Crippen LogP contribution < -0.4 is 11.1 Å². The van der Waals surface area contributed by atoms with E-state index < -0.39 is 5.54 Å². The van der Waals surface area contributed by atoms with Crippen LogP contribution >= 0.6 is 11.8 Å². The van der Waals surface area contributed by atoms with E-state index in [1.807, 2.05) is 18.7 Å². The van der Waals surface area contributed by atoms with Crippen LogP contribution in [-0.2, 0) is 4.79 Å². The van der Waals surface area contributed by atoms with Gasteiger partial charge in [0.25, 0.3) is 0 Å². The number of thioether (sulfide) groups is 1. The molecule has 96 valence electrons. The fourth-order valence-corrected chi connectivity index (χ4v) is 2.93. The third-order valence-corrected chi connectivity index (χ3v) is 4.10. The van der Waals surface area contributed by atoms with Crippen LogP contribution in [0.15, 0.2) is 0 Å². The summed E-state index contributed by atoms with van der Waals surface area (Å²) in [6, 6.07) is 0. The van der Waals surface area contributed by atoms with Gasteiger partial charge in [-0.05, 0) is 38.5 Å². The van der Waals surface area contributed by atoms with Gasteiger partial charge in [-0.2, -0.15) is 11.8 Å². The molecule has 0 rings (SSSR count). The molecule has 16 heavy (non-hydrogen) atoms. The standard InChI is InChI=1S/C12H26N2OS/c1-9(2)6-7-16-10(3)8-12(4,14-5)11(13)15/h9-10,14H,6-8H2,1-5H3,(H2,13,15). The Morgan fingerprint density at radius 1 is 1.44 bits per heavy atom. The van der Waals surface area contributed by atoms with Gasteiger partial charge in [0, 0.05) is 5.25 Å². The Labute approximate surface area is 104 Å². The maximum absolute atomic E-state index is 11.3. The lowest BCUT2D eigenvalue weighted by molar-refractivity contribution is -0.123. The predicted molar refractivity (Wildman–Crippen MR) is 72.7 cm³/mol. The predicted octanol–water partition coefficient (Wildman–Crippen LogP) is 2.01. The second kappa shape index (κ2) is 7.17. The fraction of sp³-hybridized carbons (Fsp3) is 0.917. The number of carbonyl (C=O) groups excluding carboxylic acids is 1. The number of nitrogens with one attached hydrogen (secondary N) is 1. The molecule has 0 bridgehead atoms. The quantitative estimate of drug-likeness (QED) is 0.689. The van der Waals surface area contributed by atoms with E-state index in [2.05, 4.69) is 26.1 Å². The summed E-state index contributed by atoms with van der Waals surface area (Å²) in [5.74, 6) is 1.62. The minimum atomic E-state index is -0.579. The molecule has 0 aliphatic heterocycles. The molecule has 0 aromatic carbocycles. The van der Waals surface area contributed by atoms with Crippen molar-refractivity contribution < 1.29 is 4.79 Å². The molecule has 2 atom stereocenters. The molecule has 0 spiro atoms. The van der Waals surface area contributed by atoms with Crippen LogP contribution in [0.2, 0.25) is 0 Å². The van der Waals surface area contributed by atoms with E-state index >= 15 is 0 Å². The highest BCUT2D eigenvalue weighted by molar-refractivity contribution is 7.99. The van der Waals surface area contributed by atoms with Crippen LogP contribution in [0.5, 0.6) is 0 Å². The van der Waals surface area contributed by atoms with Gasteiger partial charge in [0.05, 0.1) is 5.54 Å². The van der Waals surface area contributed by atoms with Crippen molar-refractivity contribution in [2.24, 2.45) is 11.7 Å². The second-order valence-corrected chi connectivity index (χ2v) is 6.56. The minimum Gasteiger partial charge on any atom is -0.368 e. The van der Waals surface area contributed by atoms with E-state index in [1.54, 1.807) is 7.05 Å². The zero-order valence-corrected chi connectivity index (χ0v) is 12.0. The Morgan fingerprint density at radius 3 is 2.38 bits per heavy atom. The van der Waals surface area contributed by atoms with Gasteiger partial charge in [0.2, 0.25) is 5.91 Å². The first-order valence-corrected chi connectivity index (χ1v) is 6.97. The highest BCUT2D eigenvalue weighted by Gasteiger charge is 2.30. The Hall–Kier alpha value is -0.220. The highest BCUT2D eigenvalue weighted by Crippen LogP contribution is 2.23. The number of primary amides is 1. The normalized spacial score (nSPS) is 17.1. The number of amides is 1. The molecule has 0 fully saturated rings. The topological polar surface area (TPSA) is 55.1 Å². The van der Waals surface area contributed by atoms with Crippen LogP contribution in [0.4, 0.5) is 0 Å². The van der Waals surface area contributed by atoms with Crippen molar-refractivity contribution in [2.45, 2.75) is 51.3 Å². The van der Waals surface area contributed by atoms with Crippen molar-refractivity contribution in [2.75, 3.05) is 12.8 Å². The van der Waals surface area contributed by atoms with Crippen molar-refractivity contribution in [1.29, 1.82) is 0 Å². The number of hydrogen-bond acceptors (Lipinski definition) is 3. The molecule has 3 nitrogen and oxygen atoms in total. The number of likely N-dealkylation sites (N-methyl/N-ethyl adjacent to an activating group) is 1. The molecule has 3 N–H and O–H groups in total. The monoisotopic (exact) mass is 246 g/mol. The molecular weight excluding hydrogens is 220 g/mol. The molecule has 2 unspecified atom stereocenters. The Balaban J connectivity index is 4.02. The molecule has 4 heteroatoms. The van der Waals surface area contributed by atoms with E-state index in [4.69, 9.17) is 5.73 Å². The van der Waals surface area contributed by atoms with E-state index in [1.165, 1.54) is 6.42 Å². The maximum atomic E-state index is 11.3. The Kier molecular flexibility index (Phi) is 7.07. The first-order chi connectivity index (χ1) is 7.31. The molecule has 0 saturated heterocycles. The molecule has 0 aromatic rings. The van der Waals surface area contributed by atoms with Crippen molar-refractivity contribution >= 4 is 17.7 Å². The van der Waals surface area contributed by atoms with Gasteiger partial charge in [-0.25, -0.2) is 0 Å². The smallest absolute Gasteiger partial charge is 0.237 e. The summed E-state index contributed by atoms with van der Waals surface area (Å²) in [5.41, 5.74) is 4.82. The SMILES string of the molecule is CNC(C)(CC(C)SCCC(C)C)C(N)=O. The summed E-state index contributed by atoms with van der Waals surface area (Å²) in [6.07, 6.45) is 2.00. The zero-order chi connectivity index (χ0) is 12.8. The van der Waals surface area contributed by atoms with Crippen molar-refractivity contribution in [3.63, 3.8) is 0 Å². The summed E-state index contributed by atoms with van der Waals surface area (Å²) in [4.78, 5) is 11.3. The van der Waals surface area contributed by atoms with Gasteiger partial charge in [0.15, 0.2) is 0 Å². The summed E-state index contributed by atoms with van der Waals surface area (Å²) < 4.78 is 0. The number of nitrogens with two attached hydrogens (primary N) is 1. The van der Waals surface area contributed by atoms with Crippen molar-refractivity contribution in [1.82, 2.24) is 5.32 Å². The molecular formula is C12H26N2OS. The third-order valence-electron chi connectivity index (χ3n) is 2.89. The largest absolute Gasteiger partial charge is 0.368 e. The average Bonchev–Trinajstić information content (AvgIpc) is 2.16. The average molecular weight is 246 g/mol. The van der Waals surface area contributed by atoms with Crippen molar-refractivity contribution in [3.8, 4) is 0 Å². The number of hydrogen-bond donors (Lipinski definition) is 2. The molecule has 1 amide bonds. The number of rotatable bonds is 8. The minimum absolute atomic E-state index is 0.272. The first kappa shape index (κ1) is 15.8. The molecule has 0 aliphatic carbocycles. The Bertz CT molecular complexity index is 221. The maximum Gasteiger partial charge on any atom is 0.237 e. The number of carbonyl (C=O) groups is 1. The van der Waals surface area contributed by atoms with Crippen LogP contribution in [-0.4, -0.2) is 29.5 Å². The summed E-state index contributed by atoms with van der Waals surface area (Å²) in [7, 11) is 1.79. The van der Waals surface area contributed by atoms with Gasteiger partial charge >= 0.3 is 0 Å². The lowest BCUT2D eigenvalue weighted by atomic mass is 9.95. The lowest BCUT2D eigenvalue weighted by Crippen LogP contribution is -2.52. The highest BCUT2D eigenvalue weighted by atomic mass is 32.2.